The maximum atomic E-state index is 13.4. The molecule has 1 amide bonds. The number of halogens is 1. The minimum atomic E-state index is -3.89. The molecule has 3 rings (SSSR count). The summed E-state index contributed by atoms with van der Waals surface area (Å²) in [4.78, 5) is 13.0. The minimum absolute atomic E-state index is 0.0442. The summed E-state index contributed by atoms with van der Waals surface area (Å²) in [5.74, 6) is -0.340. The Labute approximate surface area is 201 Å². The lowest BCUT2D eigenvalue weighted by atomic mass is 10.1. The van der Waals surface area contributed by atoms with E-state index < -0.39 is 10.0 Å². The first-order valence-corrected chi connectivity index (χ1v) is 12.7. The smallest absolute Gasteiger partial charge is 0.243 e. The van der Waals surface area contributed by atoms with Crippen molar-refractivity contribution in [1.29, 1.82) is 0 Å². The van der Waals surface area contributed by atoms with Gasteiger partial charge in [0.1, 0.15) is 0 Å². The van der Waals surface area contributed by atoms with Gasteiger partial charge in [0.15, 0.2) is 0 Å². The van der Waals surface area contributed by atoms with Crippen molar-refractivity contribution in [1.82, 2.24) is 9.62 Å². The third kappa shape index (κ3) is 7.42. The van der Waals surface area contributed by atoms with E-state index in [2.05, 4.69) is 17.4 Å². The predicted octanol–water partition coefficient (Wildman–Crippen LogP) is 4.98. The minimum Gasteiger partial charge on any atom is -0.352 e. The van der Waals surface area contributed by atoms with Gasteiger partial charge in [-0.05, 0) is 62.1 Å². The van der Waals surface area contributed by atoms with Crippen molar-refractivity contribution < 1.29 is 13.2 Å². The zero-order valence-corrected chi connectivity index (χ0v) is 20.4. The first-order valence-electron chi connectivity index (χ1n) is 10.9. The molecule has 0 radical (unpaired) electrons. The predicted molar refractivity (Wildman–Crippen MR) is 133 cm³/mol. The van der Waals surface area contributed by atoms with E-state index in [9.17, 15) is 13.2 Å². The van der Waals surface area contributed by atoms with Crippen LogP contribution >= 0.6 is 11.6 Å². The van der Waals surface area contributed by atoms with E-state index in [1.54, 1.807) is 48.5 Å². The van der Waals surface area contributed by atoms with Gasteiger partial charge < -0.3 is 5.32 Å². The van der Waals surface area contributed by atoms with Crippen LogP contribution in [0.5, 0.6) is 0 Å². The summed E-state index contributed by atoms with van der Waals surface area (Å²) in [6, 6.07) is 23.6. The summed E-state index contributed by atoms with van der Waals surface area (Å²) in [5.41, 5.74) is 2.87. The van der Waals surface area contributed by atoms with Crippen LogP contribution in [0.15, 0.2) is 83.8 Å². The molecule has 3 aromatic rings. The number of nitrogens with zero attached hydrogens (tertiary/aromatic N) is 1. The lowest BCUT2D eigenvalue weighted by Gasteiger charge is -2.23. The number of hydrogen-bond donors (Lipinski definition) is 1. The number of benzene rings is 3. The van der Waals surface area contributed by atoms with E-state index in [-0.39, 0.29) is 29.9 Å². The third-order valence-electron chi connectivity index (χ3n) is 5.34. The maximum absolute atomic E-state index is 13.4. The lowest BCUT2D eigenvalue weighted by Crippen LogP contribution is -2.43. The molecule has 0 bridgehead atoms. The van der Waals surface area contributed by atoms with Gasteiger partial charge in [-0.3, -0.25) is 4.79 Å². The summed E-state index contributed by atoms with van der Waals surface area (Å²) in [6.45, 7) is 3.59. The summed E-state index contributed by atoms with van der Waals surface area (Å²) in [7, 11) is -3.89. The van der Waals surface area contributed by atoms with Crippen LogP contribution in [0.4, 0.5) is 0 Å². The Morgan fingerprint density at radius 1 is 0.970 bits per heavy atom. The van der Waals surface area contributed by atoms with Gasteiger partial charge in [0, 0.05) is 17.6 Å². The van der Waals surface area contributed by atoms with Crippen LogP contribution in [0.3, 0.4) is 0 Å². The zero-order valence-electron chi connectivity index (χ0n) is 18.9. The molecule has 0 saturated carbocycles. The molecule has 174 valence electrons. The largest absolute Gasteiger partial charge is 0.352 e. The SMILES string of the molecule is Cc1ccc(S(=O)(=O)N(CC(=O)N[C@@H](C)CCc2ccccc2)Cc2cccc(Cl)c2)cc1. The molecule has 1 atom stereocenters. The summed E-state index contributed by atoms with van der Waals surface area (Å²) in [5, 5.41) is 3.45. The van der Waals surface area contributed by atoms with Crippen LogP contribution in [0.2, 0.25) is 5.02 Å². The van der Waals surface area contributed by atoms with Crippen LogP contribution in [0.25, 0.3) is 0 Å². The van der Waals surface area contributed by atoms with Crippen LogP contribution in [-0.4, -0.2) is 31.2 Å². The summed E-state index contributed by atoms with van der Waals surface area (Å²) < 4.78 is 28.0. The highest BCUT2D eigenvalue weighted by Crippen LogP contribution is 2.20. The molecule has 0 heterocycles. The molecule has 0 aliphatic heterocycles. The third-order valence-corrected chi connectivity index (χ3v) is 7.38. The van der Waals surface area contributed by atoms with E-state index in [1.807, 2.05) is 32.0 Å². The molecule has 0 spiro atoms. The van der Waals surface area contributed by atoms with E-state index in [4.69, 9.17) is 11.6 Å². The van der Waals surface area contributed by atoms with Gasteiger partial charge in [0.05, 0.1) is 11.4 Å². The quantitative estimate of drug-likeness (QED) is 0.441. The van der Waals surface area contributed by atoms with E-state index in [0.717, 1.165) is 18.4 Å². The number of amides is 1. The monoisotopic (exact) mass is 484 g/mol. The fraction of sp³-hybridized carbons (Fsp3) is 0.269. The molecule has 1 N–H and O–H groups in total. The zero-order chi connectivity index (χ0) is 23.8. The number of aryl methyl sites for hydroxylation is 2. The topological polar surface area (TPSA) is 66.5 Å². The second-order valence-corrected chi connectivity index (χ2v) is 10.6. The highest BCUT2D eigenvalue weighted by molar-refractivity contribution is 7.89. The van der Waals surface area contributed by atoms with Gasteiger partial charge in [-0.15, -0.1) is 0 Å². The Hall–Kier alpha value is -2.67. The number of sulfonamides is 1. The van der Waals surface area contributed by atoms with Crippen LogP contribution in [-0.2, 0) is 27.8 Å². The van der Waals surface area contributed by atoms with Crippen molar-refractivity contribution in [2.24, 2.45) is 0 Å². The Morgan fingerprint density at radius 2 is 1.64 bits per heavy atom. The molecular weight excluding hydrogens is 456 g/mol. The second-order valence-electron chi connectivity index (χ2n) is 8.21. The van der Waals surface area contributed by atoms with Crippen molar-refractivity contribution in [3.8, 4) is 0 Å². The Bertz CT molecular complexity index is 1170. The van der Waals surface area contributed by atoms with Gasteiger partial charge in [-0.25, -0.2) is 8.42 Å². The van der Waals surface area contributed by atoms with E-state index in [0.29, 0.717) is 10.6 Å². The first-order chi connectivity index (χ1) is 15.7. The molecule has 0 aliphatic rings. The van der Waals surface area contributed by atoms with Crippen LogP contribution < -0.4 is 5.32 Å². The highest BCUT2D eigenvalue weighted by atomic mass is 35.5. The van der Waals surface area contributed by atoms with E-state index in [1.165, 1.54) is 9.87 Å². The van der Waals surface area contributed by atoms with Crippen molar-refractivity contribution in [2.45, 2.75) is 44.2 Å². The Morgan fingerprint density at radius 3 is 2.30 bits per heavy atom. The second kappa shape index (κ2) is 11.5. The molecule has 5 nitrogen and oxygen atoms in total. The lowest BCUT2D eigenvalue weighted by molar-refractivity contribution is -0.122. The number of carbonyl (C=O) groups excluding carboxylic acids is 1. The highest BCUT2D eigenvalue weighted by Gasteiger charge is 2.27. The molecule has 7 heteroatoms. The molecule has 33 heavy (non-hydrogen) atoms. The van der Waals surface area contributed by atoms with Crippen molar-refractivity contribution in [3.63, 3.8) is 0 Å². The van der Waals surface area contributed by atoms with Gasteiger partial charge in [-0.1, -0.05) is 71.8 Å². The molecule has 0 aliphatic carbocycles. The molecule has 0 saturated heterocycles. The van der Waals surface area contributed by atoms with Gasteiger partial charge in [-0.2, -0.15) is 4.31 Å². The van der Waals surface area contributed by atoms with Crippen LogP contribution in [0, 0.1) is 6.92 Å². The van der Waals surface area contributed by atoms with Crippen LogP contribution in [0.1, 0.15) is 30.0 Å². The number of hydrogen-bond acceptors (Lipinski definition) is 3. The molecule has 0 aromatic heterocycles. The fourth-order valence-electron chi connectivity index (χ4n) is 3.50. The molecular formula is C26H29ClN2O3S. The number of carbonyl (C=O) groups is 1. The standard InChI is InChI=1S/C26H29ClN2O3S/c1-20-11-15-25(16-12-20)33(31,32)29(18-23-9-6-10-24(27)17-23)19-26(30)28-21(2)13-14-22-7-4-3-5-8-22/h3-12,15-17,21H,13-14,18-19H2,1-2H3,(H,28,30)/t21-/m0/s1. The fourth-order valence-corrected chi connectivity index (χ4v) is 5.10. The van der Waals surface area contributed by atoms with Gasteiger partial charge >= 0.3 is 0 Å². The summed E-state index contributed by atoms with van der Waals surface area (Å²) >= 11 is 6.09. The number of nitrogens with one attached hydrogen (secondary N) is 1. The average Bonchev–Trinajstić information content (AvgIpc) is 2.78. The van der Waals surface area contributed by atoms with Crippen molar-refractivity contribution >= 4 is 27.5 Å². The Balaban J connectivity index is 1.72. The van der Waals surface area contributed by atoms with E-state index >= 15 is 0 Å². The molecule has 3 aromatic carbocycles. The van der Waals surface area contributed by atoms with Gasteiger partial charge in [0.25, 0.3) is 0 Å². The maximum Gasteiger partial charge on any atom is 0.243 e. The molecule has 0 fully saturated rings. The van der Waals surface area contributed by atoms with Crippen molar-refractivity contribution in [3.05, 3.63) is 101 Å². The summed E-state index contributed by atoms with van der Waals surface area (Å²) in [6.07, 6.45) is 1.59. The normalized spacial score (nSPS) is 12.5. The number of rotatable bonds is 10. The Kier molecular flexibility index (Phi) is 8.67. The average molecular weight is 485 g/mol. The first kappa shape index (κ1) is 25.0. The van der Waals surface area contributed by atoms with Gasteiger partial charge in [0.2, 0.25) is 15.9 Å². The van der Waals surface area contributed by atoms with Crippen molar-refractivity contribution in [2.75, 3.05) is 6.54 Å². The molecule has 0 unspecified atom stereocenters.